The maximum absolute atomic E-state index is 9.30. The van der Waals surface area contributed by atoms with Gasteiger partial charge >= 0.3 is 0 Å². The topological polar surface area (TPSA) is 50.1 Å². The molecule has 0 spiro atoms. The molecule has 5 heteroatoms. The molecule has 1 fully saturated rings. The summed E-state index contributed by atoms with van der Waals surface area (Å²) in [6.45, 7) is 2.97. The van der Waals surface area contributed by atoms with Gasteiger partial charge in [0.15, 0.2) is 0 Å². The molecule has 0 amide bonds. The van der Waals surface area contributed by atoms with Crippen molar-refractivity contribution < 1.29 is 5.11 Å². The van der Waals surface area contributed by atoms with Gasteiger partial charge in [0.25, 0.3) is 0 Å². The number of aryl methyl sites for hydroxylation is 2. The summed E-state index contributed by atoms with van der Waals surface area (Å²) in [5.74, 6) is 0.687. The predicted octanol–water partition coefficient (Wildman–Crippen LogP) is 2.80. The van der Waals surface area contributed by atoms with Crippen LogP contribution in [-0.4, -0.2) is 27.5 Å². The van der Waals surface area contributed by atoms with E-state index in [2.05, 4.69) is 10.4 Å². The molecule has 1 aliphatic carbocycles. The molecule has 0 bridgehead atoms. The molecule has 0 saturated heterocycles. The van der Waals surface area contributed by atoms with Crippen molar-refractivity contribution in [2.24, 2.45) is 13.0 Å². The van der Waals surface area contributed by atoms with Crippen LogP contribution in [0.3, 0.4) is 0 Å². The summed E-state index contributed by atoms with van der Waals surface area (Å²) in [6, 6.07) is 0.385. The molecule has 1 saturated carbocycles. The molecule has 1 aromatic rings. The summed E-state index contributed by atoms with van der Waals surface area (Å²) in [4.78, 5) is 0. The zero-order valence-corrected chi connectivity index (χ0v) is 13.3. The van der Waals surface area contributed by atoms with Crippen LogP contribution in [0.5, 0.6) is 0 Å². The lowest BCUT2D eigenvalue weighted by atomic mass is 9.82. The molecule has 0 aliphatic heterocycles. The van der Waals surface area contributed by atoms with Gasteiger partial charge in [-0.15, -0.1) is 0 Å². The van der Waals surface area contributed by atoms with E-state index < -0.39 is 0 Å². The Balaban J connectivity index is 1.97. The summed E-state index contributed by atoms with van der Waals surface area (Å²) >= 11 is 6.27. The van der Waals surface area contributed by atoms with Gasteiger partial charge in [-0.25, -0.2) is 0 Å². The van der Waals surface area contributed by atoms with E-state index in [1.54, 1.807) is 4.68 Å². The Hall–Kier alpha value is -0.580. The van der Waals surface area contributed by atoms with Crippen molar-refractivity contribution in [1.29, 1.82) is 0 Å². The highest BCUT2D eigenvalue weighted by molar-refractivity contribution is 6.30. The van der Waals surface area contributed by atoms with Crippen molar-refractivity contribution >= 4 is 11.6 Å². The Morgan fingerprint density at radius 1 is 1.40 bits per heavy atom. The van der Waals surface area contributed by atoms with Crippen LogP contribution in [-0.2, 0) is 13.6 Å². The van der Waals surface area contributed by atoms with Crippen LogP contribution in [0.2, 0.25) is 5.15 Å². The monoisotopic (exact) mass is 299 g/mol. The van der Waals surface area contributed by atoms with Crippen LogP contribution < -0.4 is 5.32 Å². The van der Waals surface area contributed by atoms with Gasteiger partial charge in [0.1, 0.15) is 5.15 Å². The third-order valence-corrected chi connectivity index (χ3v) is 4.94. The van der Waals surface area contributed by atoms with Crippen molar-refractivity contribution in [2.75, 3.05) is 6.61 Å². The minimum absolute atomic E-state index is 0.244. The lowest BCUT2D eigenvalue weighted by Gasteiger charge is -2.30. The average molecular weight is 300 g/mol. The van der Waals surface area contributed by atoms with E-state index in [1.807, 2.05) is 14.0 Å². The third kappa shape index (κ3) is 3.74. The van der Waals surface area contributed by atoms with E-state index in [0.717, 1.165) is 24.2 Å². The summed E-state index contributed by atoms with van der Waals surface area (Å²) in [5.41, 5.74) is 2.06. The van der Waals surface area contributed by atoms with Gasteiger partial charge in [0.05, 0.1) is 5.69 Å². The smallest absolute Gasteiger partial charge is 0.131 e. The Morgan fingerprint density at radius 2 is 2.10 bits per heavy atom. The second-order valence-corrected chi connectivity index (χ2v) is 6.23. The molecule has 114 valence electrons. The summed E-state index contributed by atoms with van der Waals surface area (Å²) in [7, 11) is 1.87. The van der Waals surface area contributed by atoms with E-state index in [0.29, 0.717) is 17.1 Å². The molecular formula is C15H26ClN3O. The highest BCUT2D eigenvalue weighted by atomic mass is 35.5. The van der Waals surface area contributed by atoms with Gasteiger partial charge in [-0.2, -0.15) is 5.10 Å². The second kappa shape index (κ2) is 7.43. The molecular weight excluding hydrogens is 274 g/mol. The van der Waals surface area contributed by atoms with Crippen LogP contribution >= 0.6 is 11.6 Å². The van der Waals surface area contributed by atoms with Crippen LogP contribution in [0.4, 0.5) is 0 Å². The third-order valence-electron chi connectivity index (χ3n) is 4.47. The van der Waals surface area contributed by atoms with Crippen molar-refractivity contribution in [3.63, 3.8) is 0 Å². The highest BCUT2D eigenvalue weighted by Gasteiger charge is 2.23. The van der Waals surface area contributed by atoms with Gasteiger partial charge in [0.2, 0.25) is 0 Å². The van der Waals surface area contributed by atoms with Crippen LogP contribution in [0.1, 0.15) is 49.8 Å². The number of hydrogen-bond donors (Lipinski definition) is 2. The van der Waals surface area contributed by atoms with E-state index in [9.17, 15) is 5.11 Å². The summed E-state index contributed by atoms with van der Waals surface area (Å²) in [5, 5.41) is 18.0. The number of aliphatic hydroxyl groups excluding tert-OH is 1. The number of hydrogen-bond acceptors (Lipinski definition) is 3. The standard InChI is InChI=1S/C15H26ClN3O/c1-11-13(15(16)19(2)18-11)10-17-14(8-9-20)12-6-4-3-5-7-12/h12,14,17,20H,3-10H2,1-2H3. The second-order valence-electron chi connectivity index (χ2n) is 5.88. The van der Waals surface area contributed by atoms with E-state index >= 15 is 0 Å². The predicted molar refractivity (Wildman–Crippen MR) is 81.9 cm³/mol. The van der Waals surface area contributed by atoms with Gasteiger partial charge < -0.3 is 10.4 Å². The van der Waals surface area contributed by atoms with Gasteiger partial charge in [-0.05, 0) is 32.1 Å². The first-order valence-electron chi connectivity index (χ1n) is 7.65. The zero-order valence-electron chi connectivity index (χ0n) is 12.5. The fraction of sp³-hybridized carbons (Fsp3) is 0.800. The van der Waals surface area contributed by atoms with Crippen molar-refractivity contribution in [3.8, 4) is 0 Å². The molecule has 0 radical (unpaired) electrons. The van der Waals surface area contributed by atoms with Crippen LogP contribution in [0.25, 0.3) is 0 Å². The summed E-state index contributed by atoms with van der Waals surface area (Å²) in [6.07, 6.45) is 7.37. The maximum Gasteiger partial charge on any atom is 0.131 e. The average Bonchev–Trinajstić information content (AvgIpc) is 2.70. The molecule has 1 atom stereocenters. The number of aromatic nitrogens is 2. The Bertz CT molecular complexity index is 427. The van der Waals surface area contributed by atoms with Crippen molar-refractivity contribution in [2.45, 2.75) is 58.0 Å². The number of rotatable bonds is 6. The molecule has 4 nitrogen and oxygen atoms in total. The van der Waals surface area contributed by atoms with E-state index in [1.165, 1.54) is 32.1 Å². The Kier molecular flexibility index (Phi) is 5.87. The first-order chi connectivity index (χ1) is 9.63. The maximum atomic E-state index is 9.30. The molecule has 1 aliphatic rings. The quantitative estimate of drug-likeness (QED) is 0.849. The van der Waals surface area contributed by atoms with Crippen molar-refractivity contribution in [3.05, 3.63) is 16.4 Å². The molecule has 1 aromatic heterocycles. The van der Waals surface area contributed by atoms with E-state index in [4.69, 9.17) is 11.6 Å². The SMILES string of the molecule is Cc1nn(C)c(Cl)c1CNC(CCO)C1CCCCC1. The first kappa shape index (κ1) is 15.8. The summed E-state index contributed by atoms with van der Waals surface area (Å²) < 4.78 is 1.72. The molecule has 1 heterocycles. The fourth-order valence-corrected chi connectivity index (χ4v) is 3.53. The molecule has 2 rings (SSSR count). The van der Waals surface area contributed by atoms with E-state index in [-0.39, 0.29) is 6.61 Å². The molecule has 20 heavy (non-hydrogen) atoms. The molecule has 1 unspecified atom stereocenters. The number of nitrogens with zero attached hydrogens (tertiary/aromatic N) is 2. The minimum Gasteiger partial charge on any atom is -0.396 e. The zero-order chi connectivity index (χ0) is 14.5. The fourth-order valence-electron chi connectivity index (χ4n) is 3.29. The first-order valence-corrected chi connectivity index (χ1v) is 8.03. The normalized spacial score (nSPS) is 18.4. The number of halogens is 1. The number of nitrogens with one attached hydrogen (secondary N) is 1. The lowest BCUT2D eigenvalue weighted by Crippen LogP contribution is -2.37. The Labute approximate surface area is 126 Å². The van der Waals surface area contributed by atoms with Gasteiger partial charge in [-0.3, -0.25) is 4.68 Å². The van der Waals surface area contributed by atoms with Crippen molar-refractivity contribution in [1.82, 2.24) is 15.1 Å². The molecule has 2 N–H and O–H groups in total. The van der Waals surface area contributed by atoms with Gasteiger partial charge in [-0.1, -0.05) is 30.9 Å². The van der Waals surface area contributed by atoms with Crippen LogP contribution in [0, 0.1) is 12.8 Å². The van der Waals surface area contributed by atoms with Crippen LogP contribution in [0.15, 0.2) is 0 Å². The lowest BCUT2D eigenvalue weighted by molar-refractivity contribution is 0.205. The largest absolute Gasteiger partial charge is 0.396 e. The van der Waals surface area contributed by atoms with Gasteiger partial charge in [0, 0.05) is 31.8 Å². The number of aliphatic hydroxyl groups is 1. The molecule has 0 aromatic carbocycles. The highest BCUT2D eigenvalue weighted by Crippen LogP contribution is 2.28. The minimum atomic E-state index is 0.244. The Morgan fingerprint density at radius 3 is 2.65 bits per heavy atom.